The van der Waals surface area contributed by atoms with Crippen LogP contribution in [0.4, 0.5) is 11.4 Å². The Labute approximate surface area is 229 Å². The molecule has 0 radical (unpaired) electrons. The fraction of sp³-hybridized carbons (Fsp3) is 0.286. The highest BCUT2D eigenvalue weighted by Crippen LogP contribution is 2.29. The summed E-state index contributed by atoms with van der Waals surface area (Å²) in [6.07, 6.45) is 0. The number of benzene rings is 3. The van der Waals surface area contributed by atoms with Crippen LogP contribution in [0, 0.1) is 11.8 Å². The van der Waals surface area contributed by atoms with E-state index in [1.807, 2.05) is 0 Å². The molecule has 0 aliphatic rings. The van der Waals surface area contributed by atoms with Gasteiger partial charge in [0.1, 0.15) is 11.5 Å². The van der Waals surface area contributed by atoms with Crippen LogP contribution in [-0.2, 0) is 0 Å². The molecule has 0 aliphatic heterocycles. The molecule has 2 N–H and O–H groups in total. The van der Waals surface area contributed by atoms with Gasteiger partial charge in [0.15, 0.2) is 0 Å². The molecule has 0 unspecified atom stereocenters. The number of ether oxygens (including phenoxy) is 2. The molecule has 0 saturated carbocycles. The lowest BCUT2D eigenvalue weighted by Gasteiger charge is -2.14. The van der Waals surface area contributed by atoms with Gasteiger partial charge in [0, 0.05) is 11.1 Å². The maximum absolute atomic E-state index is 12.9. The van der Waals surface area contributed by atoms with E-state index in [2.05, 4.69) is 70.2 Å². The summed E-state index contributed by atoms with van der Waals surface area (Å²) in [5, 5.41) is 5.77. The maximum atomic E-state index is 12.9. The number of para-hydroxylation sites is 2. The Bertz CT molecular complexity index is 1130. The summed E-state index contributed by atoms with van der Waals surface area (Å²) in [5.41, 5.74) is 1.90. The molecule has 190 valence electrons. The molecular weight excluding hydrogens is 588 g/mol. The number of hydrogen-bond donors (Lipinski definition) is 2. The van der Waals surface area contributed by atoms with Gasteiger partial charge in [-0.2, -0.15) is 0 Å². The lowest BCUT2D eigenvalue weighted by molar-refractivity contribution is 0.101. The van der Waals surface area contributed by atoms with E-state index in [1.54, 1.807) is 60.7 Å². The summed E-state index contributed by atoms with van der Waals surface area (Å²) in [5.74, 6) is 1.54. The van der Waals surface area contributed by atoms with Crippen molar-refractivity contribution >= 4 is 55.0 Å². The maximum Gasteiger partial charge on any atom is 0.255 e. The summed E-state index contributed by atoms with van der Waals surface area (Å²) in [4.78, 5) is 25.9. The van der Waals surface area contributed by atoms with E-state index in [9.17, 15) is 9.59 Å². The first-order valence-corrected chi connectivity index (χ1v) is 13.3. The van der Waals surface area contributed by atoms with Crippen LogP contribution in [0.5, 0.6) is 11.5 Å². The number of amides is 2. The minimum Gasteiger partial charge on any atom is -0.492 e. The average Bonchev–Trinajstić information content (AvgIpc) is 2.83. The second-order valence-corrected chi connectivity index (χ2v) is 10.9. The van der Waals surface area contributed by atoms with Crippen molar-refractivity contribution in [2.24, 2.45) is 11.8 Å². The zero-order chi connectivity index (χ0) is 26.2. The van der Waals surface area contributed by atoms with Gasteiger partial charge in [-0.3, -0.25) is 9.59 Å². The number of hydrogen-bond acceptors (Lipinski definition) is 4. The van der Waals surface area contributed by atoms with E-state index in [1.165, 1.54) is 0 Å². The summed E-state index contributed by atoms with van der Waals surface area (Å²) >= 11 is 6.95. The van der Waals surface area contributed by atoms with Gasteiger partial charge in [-0.25, -0.2) is 0 Å². The van der Waals surface area contributed by atoms with E-state index >= 15 is 0 Å². The zero-order valence-electron chi connectivity index (χ0n) is 20.7. The highest BCUT2D eigenvalue weighted by molar-refractivity contribution is 9.10. The third-order valence-corrected chi connectivity index (χ3v) is 6.20. The van der Waals surface area contributed by atoms with Crippen molar-refractivity contribution in [2.45, 2.75) is 27.7 Å². The molecule has 0 spiro atoms. The van der Waals surface area contributed by atoms with Crippen LogP contribution in [0.3, 0.4) is 0 Å². The Hall–Kier alpha value is -2.84. The summed E-state index contributed by atoms with van der Waals surface area (Å²) in [6, 6.07) is 17.4. The molecule has 6 nitrogen and oxygen atoms in total. The highest BCUT2D eigenvalue weighted by Gasteiger charge is 2.15. The van der Waals surface area contributed by atoms with Gasteiger partial charge in [0.25, 0.3) is 11.8 Å². The Morgan fingerprint density at radius 2 is 1.08 bits per heavy atom. The van der Waals surface area contributed by atoms with E-state index < -0.39 is 0 Å². The van der Waals surface area contributed by atoms with Gasteiger partial charge in [-0.05, 0) is 92.2 Å². The number of halogens is 2. The molecule has 0 atom stereocenters. The number of nitrogens with one attached hydrogen (secondary N) is 2. The Balaban J connectivity index is 1.70. The van der Waals surface area contributed by atoms with Crippen LogP contribution in [0.25, 0.3) is 0 Å². The zero-order valence-corrected chi connectivity index (χ0v) is 23.9. The van der Waals surface area contributed by atoms with E-state index in [-0.39, 0.29) is 11.8 Å². The van der Waals surface area contributed by atoms with E-state index in [0.717, 1.165) is 0 Å². The lowest BCUT2D eigenvalue weighted by Crippen LogP contribution is -2.17. The van der Waals surface area contributed by atoms with Gasteiger partial charge in [0.05, 0.1) is 33.5 Å². The smallest absolute Gasteiger partial charge is 0.255 e. The molecule has 3 aromatic rings. The van der Waals surface area contributed by atoms with Crippen molar-refractivity contribution in [2.75, 3.05) is 23.8 Å². The molecule has 8 heteroatoms. The Kier molecular flexibility index (Phi) is 9.96. The van der Waals surface area contributed by atoms with Gasteiger partial charge in [-0.1, -0.05) is 39.8 Å². The summed E-state index contributed by atoms with van der Waals surface area (Å²) in [7, 11) is 0. The van der Waals surface area contributed by atoms with Crippen molar-refractivity contribution < 1.29 is 19.1 Å². The van der Waals surface area contributed by atoms with Crippen molar-refractivity contribution in [1.29, 1.82) is 0 Å². The molecule has 0 fully saturated rings. The Morgan fingerprint density at radius 1 is 0.694 bits per heavy atom. The predicted molar refractivity (Wildman–Crippen MR) is 151 cm³/mol. The molecule has 3 rings (SSSR count). The topological polar surface area (TPSA) is 76.7 Å². The van der Waals surface area contributed by atoms with Crippen LogP contribution >= 0.6 is 31.9 Å². The molecule has 0 aliphatic carbocycles. The van der Waals surface area contributed by atoms with Gasteiger partial charge in [0.2, 0.25) is 0 Å². The normalized spacial score (nSPS) is 10.9. The van der Waals surface area contributed by atoms with Gasteiger partial charge >= 0.3 is 0 Å². The molecular formula is C28H30Br2N2O4. The van der Waals surface area contributed by atoms with Crippen molar-refractivity contribution in [3.63, 3.8) is 0 Å². The second-order valence-electron chi connectivity index (χ2n) is 9.15. The first-order valence-electron chi connectivity index (χ1n) is 11.7. The molecule has 0 saturated heterocycles. The van der Waals surface area contributed by atoms with E-state index in [0.29, 0.717) is 68.0 Å². The van der Waals surface area contributed by atoms with Crippen LogP contribution in [0.1, 0.15) is 48.4 Å². The Morgan fingerprint density at radius 3 is 1.42 bits per heavy atom. The third kappa shape index (κ3) is 7.83. The largest absolute Gasteiger partial charge is 0.492 e. The molecule has 3 aromatic carbocycles. The highest BCUT2D eigenvalue weighted by atomic mass is 79.9. The van der Waals surface area contributed by atoms with Gasteiger partial charge < -0.3 is 20.1 Å². The van der Waals surface area contributed by atoms with Crippen LogP contribution in [0.2, 0.25) is 0 Å². The molecule has 0 bridgehead atoms. The molecule has 2 amide bonds. The number of carbonyl (C=O) groups is 2. The van der Waals surface area contributed by atoms with Crippen LogP contribution in [-0.4, -0.2) is 25.0 Å². The lowest BCUT2D eigenvalue weighted by atomic mass is 10.1. The van der Waals surface area contributed by atoms with Gasteiger partial charge in [-0.15, -0.1) is 0 Å². The predicted octanol–water partition coefficient (Wildman–Crippen LogP) is 7.79. The minimum absolute atomic E-state index is 0.304. The standard InChI is InChI=1S/C28H30Br2N2O4/c1-17(2)15-35-25-11-9-19(13-21(25)29)27(33)31-23-7-5-6-8-24(23)32-28(34)20-10-12-26(22(30)14-20)36-16-18(3)4/h5-14,17-18H,15-16H2,1-4H3,(H,31,33)(H,32,34). The van der Waals surface area contributed by atoms with Crippen LogP contribution < -0.4 is 20.1 Å². The van der Waals surface area contributed by atoms with Crippen molar-refractivity contribution in [3.8, 4) is 11.5 Å². The number of anilines is 2. The number of carbonyl (C=O) groups excluding carboxylic acids is 2. The fourth-order valence-corrected chi connectivity index (χ4v) is 4.11. The van der Waals surface area contributed by atoms with Crippen molar-refractivity contribution in [3.05, 3.63) is 80.7 Å². The van der Waals surface area contributed by atoms with E-state index in [4.69, 9.17) is 9.47 Å². The molecule has 0 aromatic heterocycles. The quantitative estimate of drug-likeness (QED) is 0.243. The molecule has 0 heterocycles. The first kappa shape index (κ1) is 27.7. The van der Waals surface area contributed by atoms with Crippen molar-refractivity contribution in [1.82, 2.24) is 0 Å². The second kappa shape index (κ2) is 12.9. The summed E-state index contributed by atoms with van der Waals surface area (Å²) < 4.78 is 12.9. The number of rotatable bonds is 10. The third-order valence-electron chi connectivity index (χ3n) is 4.96. The SMILES string of the molecule is CC(C)COc1ccc(C(=O)Nc2ccccc2NC(=O)c2ccc(OCC(C)C)c(Br)c2)cc1Br. The minimum atomic E-state index is -0.304. The monoisotopic (exact) mass is 616 g/mol. The molecule has 36 heavy (non-hydrogen) atoms. The van der Waals surface area contributed by atoms with Crippen LogP contribution in [0.15, 0.2) is 69.6 Å². The summed E-state index contributed by atoms with van der Waals surface area (Å²) in [6.45, 7) is 9.46. The average molecular weight is 618 g/mol. The fourth-order valence-electron chi connectivity index (χ4n) is 3.12. The first-order chi connectivity index (χ1) is 17.1.